The third-order valence-electron chi connectivity index (χ3n) is 3.66. The molecule has 1 aliphatic carbocycles. The molecule has 2 aromatic carbocycles. The number of aliphatic hydroxyl groups excluding tert-OH is 1. The molecule has 0 bridgehead atoms. The number of benzene rings is 2. The van der Waals surface area contributed by atoms with Crippen molar-refractivity contribution in [1.29, 1.82) is 0 Å². The van der Waals surface area contributed by atoms with Crippen LogP contribution in [-0.4, -0.2) is 5.11 Å². The predicted molar refractivity (Wildman–Crippen MR) is 68.9 cm³/mol. The van der Waals surface area contributed by atoms with Crippen molar-refractivity contribution in [3.05, 3.63) is 71.3 Å². The molecule has 2 unspecified atom stereocenters. The maximum atomic E-state index is 10.0. The first-order valence-corrected chi connectivity index (χ1v) is 6.18. The zero-order valence-corrected chi connectivity index (χ0v) is 9.71. The zero-order chi connectivity index (χ0) is 11.7. The molecule has 0 heterocycles. The summed E-state index contributed by atoms with van der Waals surface area (Å²) in [7, 11) is 0. The van der Waals surface area contributed by atoms with Gasteiger partial charge in [0.05, 0.1) is 6.10 Å². The maximum absolute atomic E-state index is 10.0. The molecule has 3 rings (SSSR count). The first kappa shape index (κ1) is 10.5. The fourth-order valence-corrected chi connectivity index (χ4v) is 2.80. The molecule has 1 nitrogen and oxygen atoms in total. The summed E-state index contributed by atoms with van der Waals surface area (Å²) in [4.78, 5) is 0. The molecule has 86 valence electrons. The maximum Gasteiger partial charge on any atom is 0.0793 e. The second-order valence-corrected chi connectivity index (χ2v) is 4.69. The molecule has 2 aromatic rings. The number of hydrogen-bond donors (Lipinski definition) is 1. The van der Waals surface area contributed by atoms with Crippen molar-refractivity contribution >= 4 is 0 Å². The van der Waals surface area contributed by atoms with Crippen LogP contribution in [0.3, 0.4) is 0 Å². The highest BCUT2D eigenvalue weighted by atomic mass is 16.3. The van der Waals surface area contributed by atoms with E-state index < -0.39 is 0 Å². The van der Waals surface area contributed by atoms with Crippen molar-refractivity contribution in [1.82, 2.24) is 0 Å². The fraction of sp³-hybridized carbons (Fsp3) is 0.250. The van der Waals surface area contributed by atoms with E-state index in [1.807, 2.05) is 12.1 Å². The Hall–Kier alpha value is -1.60. The van der Waals surface area contributed by atoms with Gasteiger partial charge in [0.1, 0.15) is 0 Å². The monoisotopic (exact) mass is 224 g/mol. The van der Waals surface area contributed by atoms with Gasteiger partial charge in [-0.25, -0.2) is 0 Å². The van der Waals surface area contributed by atoms with E-state index in [1.165, 1.54) is 11.1 Å². The average molecular weight is 224 g/mol. The largest absolute Gasteiger partial charge is 0.388 e. The molecular weight excluding hydrogens is 208 g/mol. The molecule has 1 heteroatoms. The van der Waals surface area contributed by atoms with Crippen molar-refractivity contribution in [2.24, 2.45) is 0 Å². The summed E-state index contributed by atoms with van der Waals surface area (Å²) in [5.74, 6) is 0.441. The van der Waals surface area contributed by atoms with E-state index in [9.17, 15) is 5.11 Å². The van der Waals surface area contributed by atoms with Crippen LogP contribution in [0.4, 0.5) is 0 Å². The summed E-state index contributed by atoms with van der Waals surface area (Å²) in [5, 5.41) is 10.0. The van der Waals surface area contributed by atoms with Gasteiger partial charge in [-0.3, -0.25) is 0 Å². The zero-order valence-electron chi connectivity index (χ0n) is 9.71. The SMILES string of the molecule is OC1CCC(c2ccccc2)c2ccccc21. The lowest BCUT2D eigenvalue weighted by molar-refractivity contribution is 0.153. The number of hydrogen-bond acceptors (Lipinski definition) is 1. The summed E-state index contributed by atoms with van der Waals surface area (Å²) in [6.45, 7) is 0. The second-order valence-electron chi connectivity index (χ2n) is 4.69. The summed E-state index contributed by atoms with van der Waals surface area (Å²) in [6.07, 6.45) is 1.60. The van der Waals surface area contributed by atoms with E-state index in [0.29, 0.717) is 5.92 Å². The second kappa shape index (κ2) is 4.34. The first-order chi connectivity index (χ1) is 8.36. The quantitative estimate of drug-likeness (QED) is 0.784. The van der Waals surface area contributed by atoms with Crippen LogP contribution in [0.15, 0.2) is 54.6 Å². The van der Waals surface area contributed by atoms with E-state index in [0.717, 1.165) is 18.4 Å². The molecule has 0 amide bonds. The minimum atomic E-state index is -0.286. The van der Waals surface area contributed by atoms with Crippen LogP contribution in [0.2, 0.25) is 0 Å². The lowest BCUT2D eigenvalue weighted by Gasteiger charge is -2.29. The minimum absolute atomic E-state index is 0.286. The Balaban J connectivity index is 2.07. The molecule has 0 saturated carbocycles. The summed E-state index contributed by atoms with van der Waals surface area (Å²) in [5.41, 5.74) is 3.75. The first-order valence-electron chi connectivity index (χ1n) is 6.18. The van der Waals surface area contributed by atoms with Gasteiger partial charge in [-0.2, -0.15) is 0 Å². The number of rotatable bonds is 1. The Morgan fingerprint density at radius 1 is 0.765 bits per heavy atom. The van der Waals surface area contributed by atoms with Crippen LogP contribution in [0.5, 0.6) is 0 Å². The Labute approximate surface area is 102 Å². The molecule has 0 aromatic heterocycles. The van der Waals surface area contributed by atoms with Crippen LogP contribution in [0, 0.1) is 0 Å². The third kappa shape index (κ3) is 1.87. The molecule has 1 aliphatic rings. The number of aliphatic hydroxyl groups is 1. The molecule has 0 aliphatic heterocycles. The molecule has 0 spiro atoms. The topological polar surface area (TPSA) is 20.2 Å². The highest BCUT2D eigenvalue weighted by molar-refractivity contribution is 5.40. The fourth-order valence-electron chi connectivity index (χ4n) is 2.80. The summed E-state index contributed by atoms with van der Waals surface area (Å²) < 4.78 is 0. The number of fused-ring (bicyclic) bond motifs is 1. The Morgan fingerprint density at radius 3 is 2.18 bits per heavy atom. The van der Waals surface area contributed by atoms with E-state index in [4.69, 9.17) is 0 Å². The van der Waals surface area contributed by atoms with Gasteiger partial charge in [0.25, 0.3) is 0 Å². The third-order valence-corrected chi connectivity index (χ3v) is 3.66. The van der Waals surface area contributed by atoms with Gasteiger partial charge in [0.15, 0.2) is 0 Å². The van der Waals surface area contributed by atoms with Crippen LogP contribution < -0.4 is 0 Å². The normalized spacial score (nSPS) is 23.1. The van der Waals surface area contributed by atoms with E-state index in [-0.39, 0.29) is 6.10 Å². The highest BCUT2D eigenvalue weighted by Gasteiger charge is 2.26. The van der Waals surface area contributed by atoms with Crippen molar-refractivity contribution < 1.29 is 5.11 Å². The van der Waals surface area contributed by atoms with Crippen LogP contribution in [-0.2, 0) is 0 Å². The van der Waals surface area contributed by atoms with Crippen molar-refractivity contribution in [2.45, 2.75) is 24.9 Å². The summed E-state index contributed by atoms with van der Waals surface area (Å²) >= 11 is 0. The molecular formula is C16H16O. The highest BCUT2D eigenvalue weighted by Crippen LogP contribution is 2.40. The van der Waals surface area contributed by atoms with Crippen molar-refractivity contribution in [3.8, 4) is 0 Å². The Kier molecular flexibility index (Phi) is 2.69. The van der Waals surface area contributed by atoms with Crippen molar-refractivity contribution in [3.63, 3.8) is 0 Å². The van der Waals surface area contributed by atoms with Gasteiger partial charge in [-0.05, 0) is 29.5 Å². The molecule has 0 saturated heterocycles. The van der Waals surface area contributed by atoms with E-state index in [1.54, 1.807) is 0 Å². The molecule has 17 heavy (non-hydrogen) atoms. The smallest absolute Gasteiger partial charge is 0.0793 e. The Bertz CT molecular complexity index is 504. The van der Waals surface area contributed by atoms with Gasteiger partial charge in [-0.1, -0.05) is 54.6 Å². The van der Waals surface area contributed by atoms with Gasteiger partial charge in [0, 0.05) is 5.92 Å². The van der Waals surface area contributed by atoms with Gasteiger partial charge < -0.3 is 5.11 Å². The molecule has 2 atom stereocenters. The predicted octanol–water partition coefficient (Wildman–Crippen LogP) is 3.65. The lowest BCUT2D eigenvalue weighted by Crippen LogP contribution is -2.14. The average Bonchev–Trinajstić information content (AvgIpc) is 2.41. The summed E-state index contributed by atoms with van der Waals surface area (Å²) in [6, 6.07) is 18.9. The van der Waals surface area contributed by atoms with Crippen LogP contribution in [0.25, 0.3) is 0 Å². The lowest BCUT2D eigenvalue weighted by atomic mass is 9.78. The van der Waals surface area contributed by atoms with Crippen molar-refractivity contribution in [2.75, 3.05) is 0 Å². The van der Waals surface area contributed by atoms with Crippen LogP contribution >= 0.6 is 0 Å². The van der Waals surface area contributed by atoms with Gasteiger partial charge in [-0.15, -0.1) is 0 Å². The molecule has 1 N–H and O–H groups in total. The van der Waals surface area contributed by atoms with E-state index >= 15 is 0 Å². The molecule has 0 radical (unpaired) electrons. The Morgan fingerprint density at radius 2 is 1.41 bits per heavy atom. The van der Waals surface area contributed by atoms with E-state index in [2.05, 4.69) is 42.5 Å². The standard InChI is InChI=1S/C16H16O/c17-16-11-10-13(12-6-2-1-3-7-12)14-8-4-5-9-15(14)16/h1-9,13,16-17H,10-11H2. The molecule has 0 fully saturated rings. The minimum Gasteiger partial charge on any atom is -0.388 e. The van der Waals surface area contributed by atoms with Gasteiger partial charge >= 0.3 is 0 Å². The van der Waals surface area contributed by atoms with Gasteiger partial charge in [0.2, 0.25) is 0 Å². The van der Waals surface area contributed by atoms with Crippen LogP contribution in [0.1, 0.15) is 41.6 Å².